The summed E-state index contributed by atoms with van der Waals surface area (Å²) in [5.41, 5.74) is 0.802. The molecule has 0 radical (unpaired) electrons. The number of nitrogens with zero attached hydrogens (tertiary/aromatic N) is 4. The van der Waals surface area contributed by atoms with Crippen molar-refractivity contribution in [1.82, 2.24) is 30.2 Å². The Hall–Kier alpha value is -4.69. The summed E-state index contributed by atoms with van der Waals surface area (Å²) < 4.78 is 5.16. The molecule has 4 saturated heterocycles. The maximum Gasteiger partial charge on any atom is 0.407 e. The number of carbonyl (C=O) groups is 7. The summed E-state index contributed by atoms with van der Waals surface area (Å²) in [6, 6.07) is 5.87. The van der Waals surface area contributed by atoms with Gasteiger partial charge >= 0.3 is 12.1 Å². The van der Waals surface area contributed by atoms with Gasteiger partial charge in [-0.05, 0) is 56.9 Å². The zero-order valence-corrected chi connectivity index (χ0v) is 26.3. The number of carboxylic acids is 1. The minimum absolute atomic E-state index is 0.0538. The molecule has 4 heterocycles. The standard InChI is InChI=1S/C32H42N6O9/c39-26(35-14-6-12-24(35)30(43)38-17-7-13-25(38)31(44)45)18-33-28(41)22-10-4-16-37(22)29(42)23-11-5-15-36(23)27(40)19-34-32(46)47-20-21-8-2-1-3-9-21/h1-3,8-9,22-25H,4-7,10-20H2,(H,33,41)(H,34,46)(H,44,45)/t22-,23-,24+,25-/m1/s1. The van der Waals surface area contributed by atoms with Crippen molar-refractivity contribution in [1.29, 1.82) is 0 Å². The third-order valence-electron chi connectivity index (χ3n) is 9.39. The van der Waals surface area contributed by atoms with E-state index in [9.17, 15) is 38.7 Å². The normalized spacial score (nSPS) is 23.9. The van der Waals surface area contributed by atoms with Gasteiger partial charge in [-0.3, -0.25) is 24.0 Å². The van der Waals surface area contributed by atoms with Gasteiger partial charge in [0.15, 0.2) is 0 Å². The van der Waals surface area contributed by atoms with Crippen molar-refractivity contribution in [3.05, 3.63) is 35.9 Å². The quantitative estimate of drug-likeness (QED) is 0.314. The van der Waals surface area contributed by atoms with Crippen LogP contribution < -0.4 is 10.6 Å². The van der Waals surface area contributed by atoms with Crippen molar-refractivity contribution in [2.45, 2.75) is 82.1 Å². The maximum atomic E-state index is 13.6. The first kappa shape index (κ1) is 33.7. The van der Waals surface area contributed by atoms with Crippen LogP contribution in [0.2, 0.25) is 0 Å². The smallest absolute Gasteiger partial charge is 0.407 e. The molecule has 4 aliphatic heterocycles. The van der Waals surface area contributed by atoms with Crippen LogP contribution in [-0.2, 0) is 40.1 Å². The van der Waals surface area contributed by atoms with E-state index in [1.54, 1.807) is 0 Å². The molecule has 15 heteroatoms. The fourth-order valence-electron chi connectivity index (χ4n) is 7.02. The summed E-state index contributed by atoms with van der Waals surface area (Å²) >= 11 is 0. The molecule has 4 fully saturated rings. The fraction of sp³-hybridized carbons (Fsp3) is 0.594. The van der Waals surface area contributed by atoms with E-state index in [0.29, 0.717) is 77.5 Å². The van der Waals surface area contributed by atoms with Gasteiger partial charge in [-0.15, -0.1) is 0 Å². The molecule has 6 amide bonds. The van der Waals surface area contributed by atoms with Crippen LogP contribution in [0.25, 0.3) is 0 Å². The zero-order chi connectivity index (χ0) is 33.5. The molecular weight excluding hydrogens is 612 g/mol. The maximum absolute atomic E-state index is 13.6. The van der Waals surface area contributed by atoms with Crippen LogP contribution in [0.1, 0.15) is 56.9 Å². The number of amides is 6. The molecule has 3 N–H and O–H groups in total. The lowest BCUT2D eigenvalue weighted by Crippen LogP contribution is -2.55. The zero-order valence-electron chi connectivity index (χ0n) is 26.3. The number of likely N-dealkylation sites (tertiary alicyclic amines) is 4. The fourth-order valence-corrected chi connectivity index (χ4v) is 7.02. The molecule has 5 rings (SSSR count). The Labute approximate surface area is 272 Å². The van der Waals surface area contributed by atoms with Crippen LogP contribution >= 0.6 is 0 Å². The van der Waals surface area contributed by atoms with Crippen molar-refractivity contribution in [2.75, 3.05) is 39.3 Å². The number of carbonyl (C=O) groups excluding carboxylic acids is 6. The van der Waals surface area contributed by atoms with Crippen molar-refractivity contribution in [2.24, 2.45) is 0 Å². The number of aliphatic carboxylic acids is 1. The molecule has 47 heavy (non-hydrogen) atoms. The number of carboxylic acid groups (broad SMARTS) is 1. The van der Waals surface area contributed by atoms with E-state index < -0.39 is 54.0 Å². The predicted molar refractivity (Wildman–Crippen MR) is 164 cm³/mol. The topological polar surface area (TPSA) is 186 Å². The number of ether oxygens (including phenoxy) is 1. The SMILES string of the molecule is O=C(NCC(=O)N1CCC[C@@H]1C(=O)N1CCC[C@@H]1C(=O)NCC(=O)N1CCC[C@H]1C(=O)N1CCC[C@@H]1C(=O)O)OCc1ccccc1. The Morgan fingerprint density at radius 3 is 1.66 bits per heavy atom. The average molecular weight is 655 g/mol. The van der Waals surface area contributed by atoms with Crippen molar-refractivity contribution in [3.63, 3.8) is 0 Å². The Bertz CT molecular complexity index is 1370. The molecule has 0 aromatic heterocycles. The van der Waals surface area contributed by atoms with E-state index in [4.69, 9.17) is 4.74 Å². The molecule has 0 saturated carbocycles. The molecule has 0 spiro atoms. The highest BCUT2D eigenvalue weighted by Gasteiger charge is 2.44. The van der Waals surface area contributed by atoms with Gasteiger partial charge in [0.25, 0.3) is 0 Å². The number of rotatable bonds is 10. The molecule has 0 bridgehead atoms. The van der Waals surface area contributed by atoms with E-state index in [1.165, 1.54) is 19.6 Å². The average Bonchev–Trinajstić information content (AvgIpc) is 3.91. The molecule has 1 aromatic carbocycles. The third-order valence-corrected chi connectivity index (χ3v) is 9.39. The number of benzene rings is 1. The van der Waals surface area contributed by atoms with Gasteiger partial charge in [0.1, 0.15) is 37.3 Å². The van der Waals surface area contributed by atoms with Crippen LogP contribution in [-0.4, -0.2) is 130 Å². The third kappa shape index (κ3) is 7.83. The highest BCUT2D eigenvalue weighted by atomic mass is 16.5. The second kappa shape index (κ2) is 15.3. The summed E-state index contributed by atoms with van der Waals surface area (Å²) in [5.74, 6) is -3.16. The lowest BCUT2D eigenvalue weighted by Gasteiger charge is -2.31. The molecule has 4 aliphatic rings. The highest BCUT2D eigenvalue weighted by molar-refractivity contribution is 5.96. The van der Waals surface area contributed by atoms with Gasteiger partial charge in [0.05, 0.1) is 6.54 Å². The molecule has 15 nitrogen and oxygen atoms in total. The van der Waals surface area contributed by atoms with Crippen LogP contribution in [0.15, 0.2) is 30.3 Å². The number of hydrogen-bond donors (Lipinski definition) is 3. The highest BCUT2D eigenvalue weighted by Crippen LogP contribution is 2.27. The monoisotopic (exact) mass is 654 g/mol. The second-order valence-electron chi connectivity index (χ2n) is 12.3. The lowest BCUT2D eigenvalue weighted by molar-refractivity contribution is -0.151. The molecule has 0 unspecified atom stereocenters. The Kier molecular flexibility index (Phi) is 10.9. The van der Waals surface area contributed by atoms with Crippen LogP contribution in [0, 0.1) is 0 Å². The van der Waals surface area contributed by atoms with Crippen molar-refractivity contribution in [3.8, 4) is 0 Å². The lowest BCUT2D eigenvalue weighted by atomic mass is 10.1. The molecule has 1 aromatic rings. The van der Waals surface area contributed by atoms with E-state index in [-0.39, 0.29) is 31.5 Å². The number of alkyl carbamates (subject to hydrolysis) is 1. The van der Waals surface area contributed by atoms with Crippen LogP contribution in [0.5, 0.6) is 0 Å². The molecule has 0 aliphatic carbocycles. The Morgan fingerprint density at radius 2 is 1.11 bits per heavy atom. The van der Waals surface area contributed by atoms with E-state index in [1.807, 2.05) is 30.3 Å². The molecule has 254 valence electrons. The second-order valence-corrected chi connectivity index (χ2v) is 12.3. The number of nitrogens with one attached hydrogen (secondary N) is 2. The summed E-state index contributed by atoms with van der Waals surface area (Å²) in [6.45, 7) is 0.695. The van der Waals surface area contributed by atoms with Crippen LogP contribution in [0.3, 0.4) is 0 Å². The van der Waals surface area contributed by atoms with Crippen LogP contribution in [0.4, 0.5) is 4.79 Å². The van der Waals surface area contributed by atoms with Crippen molar-refractivity contribution < 1.29 is 43.4 Å². The Morgan fingerprint density at radius 1 is 0.638 bits per heavy atom. The van der Waals surface area contributed by atoms with Crippen molar-refractivity contribution >= 4 is 41.6 Å². The minimum Gasteiger partial charge on any atom is -0.480 e. The van der Waals surface area contributed by atoms with E-state index >= 15 is 0 Å². The van der Waals surface area contributed by atoms with Gasteiger partial charge in [-0.1, -0.05) is 30.3 Å². The minimum atomic E-state index is -1.06. The molecular formula is C32H42N6O9. The first-order valence-corrected chi connectivity index (χ1v) is 16.3. The predicted octanol–water partition coefficient (Wildman–Crippen LogP) is 0.0776. The van der Waals surface area contributed by atoms with Gasteiger partial charge in [-0.25, -0.2) is 9.59 Å². The largest absolute Gasteiger partial charge is 0.480 e. The van der Waals surface area contributed by atoms with Gasteiger partial charge in [0, 0.05) is 26.2 Å². The summed E-state index contributed by atoms with van der Waals surface area (Å²) in [4.78, 5) is 95.5. The molecule has 4 atom stereocenters. The van der Waals surface area contributed by atoms with E-state index in [0.717, 1.165) is 5.56 Å². The Balaban J connectivity index is 1.10. The number of hydrogen-bond acceptors (Lipinski definition) is 8. The first-order valence-electron chi connectivity index (χ1n) is 16.3. The first-order chi connectivity index (χ1) is 22.7. The summed E-state index contributed by atoms with van der Waals surface area (Å²) in [5, 5.41) is 14.6. The van der Waals surface area contributed by atoms with E-state index in [2.05, 4.69) is 10.6 Å². The summed E-state index contributed by atoms with van der Waals surface area (Å²) in [6.07, 6.45) is 3.23. The summed E-state index contributed by atoms with van der Waals surface area (Å²) in [7, 11) is 0. The van der Waals surface area contributed by atoms with Gasteiger partial charge in [-0.2, -0.15) is 0 Å². The van der Waals surface area contributed by atoms with Gasteiger partial charge < -0.3 is 40.1 Å². The van der Waals surface area contributed by atoms with Gasteiger partial charge in [0.2, 0.25) is 29.5 Å².